The maximum atomic E-state index is 5.42. The van der Waals surface area contributed by atoms with Crippen LogP contribution in [0.5, 0.6) is 0 Å². The maximum absolute atomic E-state index is 5.42. The standard InChI is InChI=1S/C15H28NO2PS/c1-14(8-6-9-16-14)13(7-10-19(4)5)15(20,11-17-2)12-18-3/h6,8-9,13,20H,7,10-12H2,1-5H3. The van der Waals surface area contributed by atoms with Crippen molar-refractivity contribution in [1.29, 1.82) is 0 Å². The molecule has 0 saturated carbocycles. The number of hydrogen-bond acceptors (Lipinski definition) is 4. The zero-order chi connectivity index (χ0) is 15.2. The first-order chi connectivity index (χ1) is 9.38. The molecule has 0 saturated heterocycles. The van der Waals surface area contributed by atoms with Crippen molar-refractivity contribution in [1.82, 2.24) is 0 Å². The molecule has 5 heteroatoms. The molecule has 0 radical (unpaired) electrons. The first-order valence-corrected chi connectivity index (χ1v) is 9.83. The molecule has 0 amide bonds. The van der Waals surface area contributed by atoms with Crippen molar-refractivity contribution in [3.8, 4) is 0 Å². The maximum Gasteiger partial charge on any atom is 0.0806 e. The topological polar surface area (TPSA) is 30.8 Å². The molecule has 0 aromatic heterocycles. The Morgan fingerprint density at radius 1 is 1.30 bits per heavy atom. The Balaban J connectivity index is 3.00. The fourth-order valence-corrected chi connectivity index (χ4v) is 4.35. The van der Waals surface area contributed by atoms with Crippen LogP contribution < -0.4 is 0 Å². The normalized spacial score (nSPS) is 23.8. The summed E-state index contributed by atoms with van der Waals surface area (Å²) in [4.78, 5) is 4.69. The third-order valence-corrected chi connectivity index (χ3v) is 5.60. The summed E-state index contributed by atoms with van der Waals surface area (Å²) < 4.78 is 10.5. The Kier molecular flexibility index (Phi) is 7.20. The highest BCUT2D eigenvalue weighted by Crippen LogP contribution is 2.43. The van der Waals surface area contributed by atoms with Gasteiger partial charge < -0.3 is 9.47 Å². The molecule has 1 rings (SSSR count). The van der Waals surface area contributed by atoms with Crippen LogP contribution in [0.15, 0.2) is 17.1 Å². The molecule has 0 spiro atoms. The summed E-state index contributed by atoms with van der Waals surface area (Å²) in [5, 5.41) is 0. The molecule has 0 N–H and O–H groups in total. The van der Waals surface area contributed by atoms with E-state index in [0.717, 1.165) is 6.42 Å². The zero-order valence-electron chi connectivity index (χ0n) is 13.3. The smallest absolute Gasteiger partial charge is 0.0806 e. The number of methoxy groups -OCH3 is 2. The molecule has 0 bridgehead atoms. The molecule has 2 unspecified atom stereocenters. The minimum atomic E-state index is -0.324. The molecule has 1 heterocycles. The van der Waals surface area contributed by atoms with Gasteiger partial charge in [0.1, 0.15) is 0 Å². The number of rotatable bonds is 9. The Hall–Kier alpha value is 0.110. The van der Waals surface area contributed by atoms with E-state index in [1.54, 1.807) is 14.2 Å². The highest BCUT2D eigenvalue weighted by molar-refractivity contribution is 7.81. The van der Waals surface area contributed by atoms with Gasteiger partial charge in [0.15, 0.2) is 0 Å². The molecule has 0 aromatic rings. The van der Waals surface area contributed by atoms with E-state index in [2.05, 4.69) is 31.3 Å². The second-order valence-electron chi connectivity index (χ2n) is 5.98. The van der Waals surface area contributed by atoms with Gasteiger partial charge >= 0.3 is 0 Å². The third-order valence-electron chi connectivity index (χ3n) is 3.88. The highest BCUT2D eigenvalue weighted by atomic mass is 32.1. The Morgan fingerprint density at radius 2 is 1.90 bits per heavy atom. The number of hydrogen-bond donors (Lipinski definition) is 1. The van der Waals surface area contributed by atoms with Crippen molar-refractivity contribution in [2.24, 2.45) is 10.9 Å². The van der Waals surface area contributed by atoms with Crippen molar-refractivity contribution in [2.75, 3.05) is 46.9 Å². The predicted octanol–water partition coefficient (Wildman–Crippen LogP) is 3.09. The summed E-state index contributed by atoms with van der Waals surface area (Å²) in [6, 6.07) is 0. The molecule has 1 aliphatic rings. The Morgan fingerprint density at radius 3 is 2.30 bits per heavy atom. The number of nitrogens with zero attached hydrogens (tertiary/aromatic N) is 1. The first kappa shape index (κ1) is 18.2. The van der Waals surface area contributed by atoms with Gasteiger partial charge in [-0.25, -0.2) is 0 Å². The van der Waals surface area contributed by atoms with E-state index in [1.165, 1.54) is 6.16 Å². The van der Waals surface area contributed by atoms with Crippen molar-refractivity contribution in [2.45, 2.75) is 23.6 Å². The Bertz CT molecular complexity index is 340. The fourth-order valence-electron chi connectivity index (χ4n) is 2.93. The fraction of sp³-hybridized carbons (Fsp3) is 0.800. The molecule has 2 atom stereocenters. The number of aliphatic imine (C=N–C) groups is 1. The Labute approximate surface area is 130 Å². The summed E-state index contributed by atoms with van der Waals surface area (Å²) in [6.45, 7) is 7.95. The SMILES string of the molecule is COCC(S)(COC)C(CCP(C)C)C1(C)C=CC=N1. The van der Waals surface area contributed by atoms with Crippen LogP contribution >= 0.6 is 20.6 Å². The van der Waals surface area contributed by atoms with Crippen LogP contribution in [0.2, 0.25) is 0 Å². The summed E-state index contributed by atoms with van der Waals surface area (Å²) in [7, 11) is 3.52. The predicted molar refractivity (Wildman–Crippen MR) is 93.2 cm³/mol. The van der Waals surface area contributed by atoms with Crippen LogP contribution in [0.4, 0.5) is 0 Å². The van der Waals surface area contributed by atoms with Crippen LogP contribution in [0, 0.1) is 5.92 Å². The lowest BCUT2D eigenvalue weighted by molar-refractivity contribution is 0.0616. The quantitative estimate of drug-likeness (QED) is 0.523. The van der Waals surface area contributed by atoms with E-state index < -0.39 is 0 Å². The van der Waals surface area contributed by atoms with Crippen LogP contribution in [-0.4, -0.2) is 63.4 Å². The lowest BCUT2D eigenvalue weighted by Gasteiger charge is -2.43. The average Bonchev–Trinajstić information content (AvgIpc) is 2.77. The summed E-state index contributed by atoms with van der Waals surface area (Å²) >= 11 is 4.95. The molecule has 3 nitrogen and oxygen atoms in total. The van der Waals surface area contributed by atoms with Gasteiger partial charge in [-0.05, 0) is 38.9 Å². The molecule has 20 heavy (non-hydrogen) atoms. The number of thiol groups is 1. The van der Waals surface area contributed by atoms with Crippen LogP contribution in [0.3, 0.4) is 0 Å². The molecular formula is C15H28NO2PS. The number of ether oxygens (including phenoxy) is 2. The average molecular weight is 317 g/mol. The molecular weight excluding hydrogens is 289 g/mol. The van der Waals surface area contributed by atoms with Crippen molar-refractivity contribution in [3.63, 3.8) is 0 Å². The van der Waals surface area contributed by atoms with Gasteiger partial charge in [0.25, 0.3) is 0 Å². The second-order valence-corrected chi connectivity index (χ2v) is 9.47. The summed E-state index contributed by atoms with van der Waals surface area (Å²) in [6.07, 6.45) is 8.41. The summed E-state index contributed by atoms with van der Waals surface area (Å²) in [5.74, 6) is 0.290. The number of allylic oxidation sites excluding steroid dienone is 1. The largest absolute Gasteiger partial charge is 0.383 e. The highest BCUT2D eigenvalue weighted by Gasteiger charge is 2.46. The minimum absolute atomic E-state index is 0.0730. The third kappa shape index (κ3) is 4.56. The van der Waals surface area contributed by atoms with Crippen molar-refractivity contribution >= 4 is 26.8 Å². The van der Waals surface area contributed by atoms with Gasteiger partial charge in [-0.1, -0.05) is 6.08 Å². The van der Waals surface area contributed by atoms with Gasteiger partial charge in [0.05, 0.1) is 23.5 Å². The van der Waals surface area contributed by atoms with E-state index in [-0.39, 0.29) is 24.1 Å². The molecule has 1 aliphatic heterocycles. The van der Waals surface area contributed by atoms with Gasteiger partial charge in [-0.2, -0.15) is 12.6 Å². The molecule has 0 fully saturated rings. The van der Waals surface area contributed by atoms with Gasteiger partial charge in [-0.3, -0.25) is 4.99 Å². The van der Waals surface area contributed by atoms with E-state index in [1.807, 2.05) is 12.3 Å². The van der Waals surface area contributed by atoms with Gasteiger partial charge in [-0.15, -0.1) is 7.92 Å². The van der Waals surface area contributed by atoms with Gasteiger partial charge in [0.2, 0.25) is 0 Å². The van der Waals surface area contributed by atoms with Crippen molar-refractivity contribution < 1.29 is 9.47 Å². The lowest BCUT2D eigenvalue weighted by atomic mass is 9.75. The molecule has 116 valence electrons. The second kappa shape index (κ2) is 7.93. The van der Waals surface area contributed by atoms with Crippen LogP contribution in [-0.2, 0) is 9.47 Å². The summed E-state index contributed by atoms with van der Waals surface area (Å²) in [5.41, 5.74) is -0.204. The van der Waals surface area contributed by atoms with Crippen molar-refractivity contribution in [3.05, 3.63) is 12.2 Å². The lowest BCUT2D eigenvalue weighted by Crippen LogP contribution is -2.50. The molecule has 0 aromatic carbocycles. The minimum Gasteiger partial charge on any atom is -0.383 e. The van der Waals surface area contributed by atoms with Crippen LogP contribution in [0.25, 0.3) is 0 Å². The zero-order valence-corrected chi connectivity index (χ0v) is 15.1. The van der Waals surface area contributed by atoms with E-state index in [0.29, 0.717) is 13.2 Å². The molecule has 0 aliphatic carbocycles. The van der Waals surface area contributed by atoms with E-state index in [4.69, 9.17) is 22.1 Å². The monoisotopic (exact) mass is 317 g/mol. The first-order valence-electron chi connectivity index (χ1n) is 6.96. The van der Waals surface area contributed by atoms with E-state index in [9.17, 15) is 0 Å². The van der Waals surface area contributed by atoms with E-state index >= 15 is 0 Å². The van der Waals surface area contributed by atoms with Crippen LogP contribution in [0.1, 0.15) is 13.3 Å². The van der Waals surface area contributed by atoms with Gasteiger partial charge in [0, 0.05) is 26.4 Å².